The smallest absolute Gasteiger partial charge is 0.159 e. The molecule has 1 saturated carbocycles. The Balaban J connectivity index is 1.97. The lowest BCUT2D eigenvalue weighted by atomic mass is 10.1. The zero-order valence-corrected chi connectivity index (χ0v) is 10.2. The molecule has 82 valence electrons. The maximum atomic E-state index is 5.79. The maximum Gasteiger partial charge on any atom is 0.159 e. The van der Waals surface area contributed by atoms with Crippen molar-refractivity contribution in [1.82, 2.24) is 4.98 Å². The maximum absolute atomic E-state index is 5.79. The van der Waals surface area contributed by atoms with Gasteiger partial charge in [-0.25, -0.2) is 0 Å². The second kappa shape index (κ2) is 4.84. The van der Waals surface area contributed by atoms with E-state index in [1.807, 2.05) is 0 Å². The molecule has 0 saturated heterocycles. The summed E-state index contributed by atoms with van der Waals surface area (Å²) in [6.45, 7) is 0.771. The van der Waals surface area contributed by atoms with Crippen LogP contribution in [0, 0.1) is 5.92 Å². The predicted molar refractivity (Wildman–Crippen MR) is 63.8 cm³/mol. The summed E-state index contributed by atoms with van der Waals surface area (Å²) in [5, 5.41) is 0. The molecule has 0 atom stereocenters. The first kappa shape index (κ1) is 10.7. The van der Waals surface area contributed by atoms with Gasteiger partial charge >= 0.3 is 0 Å². The molecule has 0 amide bonds. The van der Waals surface area contributed by atoms with Crippen LogP contribution in [0.1, 0.15) is 25.7 Å². The van der Waals surface area contributed by atoms with Gasteiger partial charge in [0, 0.05) is 6.20 Å². The van der Waals surface area contributed by atoms with E-state index in [1.165, 1.54) is 25.7 Å². The van der Waals surface area contributed by atoms with Gasteiger partial charge in [0.25, 0.3) is 0 Å². The van der Waals surface area contributed by atoms with Crippen LogP contribution in [-0.4, -0.2) is 11.6 Å². The SMILES string of the molecule is Nc1cncc(Br)c1OCC1CCCC1. The van der Waals surface area contributed by atoms with E-state index in [0.29, 0.717) is 11.6 Å². The van der Waals surface area contributed by atoms with Crippen molar-refractivity contribution in [2.75, 3.05) is 12.3 Å². The largest absolute Gasteiger partial charge is 0.490 e. The third-order valence-electron chi connectivity index (χ3n) is 2.82. The number of anilines is 1. The van der Waals surface area contributed by atoms with Crippen molar-refractivity contribution in [3.8, 4) is 5.75 Å². The zero-order valence-electron chi connectivity index (χ0n) is 8.58. The number of rotatable bonds is 3. The topological polar surface area (TPSA) is 48.1 Å². The molecule has 15 heavy (non-hydrogen) atoms. The zero-order chi connectivity index (χ0) is 10.7. The summed E-state index contributed by atoms with van der Waals surface area (Å²) in [5.74, 6) is 1.43. The fourth-order valence-corrected chi connectivity index (χ4v) is 2.43. The normalized spacial score (nSPS) is 16.9. The standard InChI is InChI=1S/C11H15BrN2O/c12-9-5-14-6-10(13)11(9)15-7-8-3-1-2-4-8/h5-6,8H,1-4,7,13H2. The molecule has 1 fully saturated rings. The van der Waals surface area contributed by atoms with Crippen LogP contribution >= 0.6 is 15.9 Å². The number of ether oxygens (including phenoxy) is 1. The van der Waals surface area contributed by atoms with Crippen LogP contribution in [-0.2, 0) is 0 Å². The Bertz CT molecular complexity index is 317. The molecule has 0 aromatic carbocycles. The van der Waals surface area contributed by atoms with E-state index in [0.717, 1.165) is 16.8 Å². The molecule has 1 heterocycles. The first-order valence-corrected chi connectivity index (χ1v) is 6.08. The van der Waals surface area contributed by atoms with Gasteiger partial charge in [0.1, 0.15) is 0 Å². The molecule has 1 aromatic heterocycles. The average Bonchev–Trinajstić information content (AvgIpc) is 2.70. The number of nitrogens with two attached hydrogens (primary N) is 1. The highest BCUT2D eigenvalue weighted by molar-refractivity contribution is 9.10. The number of hydrogen-bond donors (Lipinski definition) is 1. The molecule has 4 heteroatoms. The third-order valence-corrected chi connectivity index (χ3v) is 3.38. The van der Waals surface area contributed by atoms with Crippen molar-refractivity contribution in [1.29, 1.82) is 0 Å². The monoisotopic (exact) mass is 270 g/mol. The predicted octanol–water partition coefficient (Wildman–Crippen LogP) is 3.00. The van der Waals surface area contributed by atoms with Crippen LogP contribution in [0.3, 0.4) is 0 Å². The van der Waals surface area contributed by atoms with Crippen LogP contribution in [0.4, 0.5) is 5.69 Å². The number of nitrogens with zero attached hydrogens (tertiary/aromatic N) is 1. The van der Waals surface area contributed by atoms with E-state index >= 15 is 0 Å². The van der Waals surface area contributed by atoms with Gasteiger partial charge in [0.05, 0.1) is 23.0 Å². The Morgan fingerprint density at radius 1 is 1.40 bits per heavy atom. The van der Waals surface area contributed by atoms with E-state index in [9.17, 15) is 0 Å². The Labute approximate surface area is 98.2 Å². The first-order chi connectivity index (χ1) is 7.27. The summed E-state index contributed by atoms with van der Waals surface area (Å²) in [5.41, 5.74) is 6.39. The Morgan fingerprint density at radius 2 is 2.13 bits per heavy atom. The minimum Gasteiger partial charge on any atom is -0.490 e. The second-order valence-corrected chi connectivity index (χ2v) is 4.86. The van der Waals surface area contributed by atoms with Crippen molar-refractivity contribution >= 4 is 21.6 Å². The lowest BCUT2D eigenvalue weighted by molar-refractivity contribution is 0.252. The van der Waals surface area contributed by atoms with Gasteiger partial charge in [-0.15, -0.1) is 0 Å². The first-order valence-electron chi connectivity index (χ1n) is 5.29. The van der Waals surface area contributed by atoms with Gasteiger partial charge in [0.15, 0.2) is 5.75 Å². The van der Waals surface area contributed by atoms with Gasteiger partial charge < -0.3 is 10.5 Å². The van der Waals surface area contributed by atoms with Crippen molar-refractivity contribution in [3.63, 3.8) is 0 Å². The molecule has 0 spiro atoms. The molecule has 3 nitrogen and oxygen atoms in total. The number of halogens is 1. The molecule has 0 bridgehead atoms. The number of hydrogen-bond acceptors (Lipinski definition) is 3. The van der Waals surface area contributed by atoms with Gasteiger partial charge in [-0.1, -0.05) is 12.8 Å². The van der Waals surface area contributed by atoms with Crippen molar-refractivity contribution in [3.05, 3.63) is 16.9 Å². The lowest BCUT2D eigenvalue weighted by Crippen LogP contribution is -2.09. The fraction of sp³-hybridized carbons (Fsp3) is 0.545. The molecular weight excluding hydrogens is 256 g/mol. The minimum atomic E-state index is 0.599. The minimum absolute atomic E-state index is 0.599. The van der Waals surface area contributed by atoms with Crippen molar-refractivity contribution < 1.29 is 4.74 Å². The van der Waals surface area contributed by atoms with Crippen LogP contribution in [0.5, 0.6) is 5.75 Å². The third kappa shape index (κ3) is 2.62. The molecule has 2 rings (SSSR count). The van der Waals surface area contributed by atoms with E-state index < -0.39 is 0 Å². The molecule has 2 N–H and O–H groups in total. The van der Waals surface area contributed by atoms with E-state index in [2.05, 4.69) is 20.9 Å². The van der Waals surface area contributed by atoms with Crippen LogP contribution < -0.4 is 10.5 Å². The Morgan fingerprint density at radius 3 is 2.80 bits per heavy atom. The number of aromatic nitrogens is 1. The summed E-state index contributed by atoms with van der Waals surface area (Å²) in [6.07, 6.45) is 8.56. The fourth-order valence-electron chi connectivity index (χ4n) is 1.97. The summed E-state index contributed by atoms with van der Waals surface area (Å²) >= 11 is 3.39. The van der Waals surface area contributed by atoms with Gasteiger partial charge in [0.2, 0.25) is 0 Å². The Hall–Kier alpha value is -0.770. The van der Waals surface area contributed by atoms with Gasteiger partial charge in [-0.3, -0.25) is 4.98 Å². The molecule has 1 aliphatic carbocycles. The highest BCUT2D eigenvalue weighted by atomic mass is 79.9. The quantitative estimate of drug-likeness (QED) is 0.919. The van der Waals surface area contributed by atoms with E-state index in [-0.39, 0.29) is 0 Å². The number of pyridine rings is 1. The van der Waals surface area contributed by atoms with Gasteiger partial charge in [-0.2, -0.15) is 0 Å². The van der Waals surface area contributed by atoms with Gasteiger partial charge in [-0.05, 0) is 34.7 Å². The van der Waals surface area contributed by atoms with E-state index in [1.54, 1.807) is 12.4 Å². The highest BCUT2D eigenvalue weighted by Gasteiger charge is 2.16. The average molecular weight is 271 g/mol. The lowest BCUT2D eigenvalue weighted by Gasteiger charge is -2.13. The molecular formula is C11H15BrN2O. The van der Waals surface area contributed by atoms with Crippen molar-refractivity contribution in [2.24, 2.45) is 5.92 Å². The molecule has 0 aliphatic heterocycles. The summed E-state index contributed by atoms with van der Waals surface area (Å²) < 4.78 is 6.57. The van der Waals surface area contributed by atoms with Crippen LogP contribution in [0.25, 0.3) is 0 Å². The Kier molecular flexibility index (Phi) is 3.46. The summed E-state index contributed by atoms with van der Waals surface area (Å²) in [7, 11) is 0. The van der Waals surface area contributed by atoms with Crippen LogP contribution in [0.2, 0.25) is 0 Å². The summed E-state index contributed by atoms with van der Waals surface area (Å²) in [4.78, 5) is 3.97. The highest BCUT2D eigenvalue weighted by Crippen LogP contribution is 2.32. The van der Waals surface area contributed by atoms with E-state index in [4.69, 9.17) is 10.5 Å². The van der Waals surface area contributed by atoms with Crippen LogP contribution in [0.15, 0.2) is 16.9 Å². The molecule has 1 aliphatic rings. The van der Waals surface area contributed by atoms with Crippen molar-refractivity contribution in [2.45, 2.75) is 25.7 Å². The number of nitrogen functional groups attached to an aromatic ring is 1. The molecule has 0 radical (unpaired) electrons. The summed E-state index contributed by atoms with van der Waals surface area (Å²) in [6, 6.07) is 0. The second-order valence-electron chi connectivity index (χ2n) is 4.00. The molecule has 0 unspecified atom stereocenters. The molecule has 1 aromatic rings.